The number of hydrogen-bond acceptors (Lipinski definition) is 2. The largest absolute Gasteiger partial charge is 0.398 e. The number of amides is 1. The van der Waals surface area contributed by atoms with Crippen LogP contribution < -0.4 is 5.73 Å². The van der Waals surface area contributed by atoms with E-state index in [4.69, 9.17) is 5.73 Å². The van der Waals surface area contributed by atoms with Crippen LogP contribution in [0.4, 0.5) is 5.69 Å². The van der Waals surface area contributed by atoms with Gasteiger partial charge in [0.05, 0.1) is 0 Å². The van der Waals surface area contributed by atoms with Crippen LogP contribution in [0.15, 0.2) is 22.7 Å². The summed E-state index contributed by atoms with van der Waals surface area (Å²) in [7, 11) is 0. The Morgan fingerprint density at radius 1 is 1.47 bits per heavy atom. The number of rotatable bonds is 1. The molecule has 0 atom stereocenters. The third kappa shape index (κ3) is 2.63. The monoisotopic (exact) mass is 296 g/mol. The Labute approximate surface area is 110 Å². The molecular formula is C13H17BrN2O. The van der Waals surface area contributed by atoms with Crippen molar-refractivity contribution in [1.82, 2.24) is 4.90 Å². The SMILES string of the molecule is CC1(C)CCN(C(=O)c2ccc(N)c(Br)c2)C1. The van der Waals surface area contributed by atoms with E-state index in [9.17, 15) is 4.79 Å². The predicted octanol–water partition coefficient (Wildman–Crippen LogP) is 2.90. The Balaban J connectivity index is 2.18. The number of carbonyl (C=O) groups is 1. The maximum Gasteiger partial charge on any atom is 0.253 e. The molecule has 0 aromatic heterocycles. The Kier molecular flexibility index (Phi) is 3.17. The molecule has 1 heterocycles. The number of nitrogen functional groups attached to an aromatic ring is 1. The zero-order chi connectivity index (χ0) is 12.6. The third-order valence-electron chi connectivity index (χ3n) is 3.21. The summed E-state index contributed by atoms with van der Waals surface area (Å²) in [5.41, 5.74) is 7.30. The number of carbonyl (C=O) groups excluding carboxylic acids is 1. The van der Waals surface area contributed by atoms with Crippen LogP contribution >= 0.6 is 15.9 Å². The van der Waals surface area contributed by atoms with Crippen molar-refractivity contribution in [2.75, 3.05) is 18.8 Å². The quantitative estimate of drug-likeness (QED) is 0.810. The zero-order valence-electron chi connectivity index (χ0n) is 10.2. The molecule has 2 rings (SSSR count). The van der Waals surface area contributed by atoms with E-state index in [1.54, 1.807) is 18.2 Å². The topological polar surface area (TPSA) is 46.3 Å². The van der Waals surface area contributed by atoms with E-state index in [1.165, 1.54) is 0 Å². The summed E-state index contributed by atoms with van der Waals surface area (Å²) in [5, 5.41) is 0. The first-order valence-corrected chi connectivity index (χ1v) is 6.53. The normalized spacial score (nSPS) is 18.4. The van der Waals surface area contributed by atoms with Gasteiger partial charge in [0, 0.05) is 28.8 Å². The number of hydrogen-bond donors (Lipinski definition) is 1. The van der Waals surface area contributed by atoms with Gasteiger partial charge in [-0.1, -0.05) is 13.8 Å². The molecule has 0 bridgehead atoms. The molecule has 2 N–H and O–H groups in total. The van der Waals surface area contributed by atoms with Gasteiger partial charge in [0.25, 0.3) is 5.91 Å². The summed E-state index contributed by atoms with van der Waals surface area (Å²) >= 11 is 3.35. The molecule has 1 amide bonds. The van der Waals surface area contributed by atoms with Crippen molar-refractivity contribution in [3.63, 3.8) is 0 Å². The van der Waals surface area contributed by atoms with Crippen molar-refractivity contribution in [2.24, 2.45) is 5.41 Å². The molecule has 0 spiro atoms. The van der Waals surface area contributed by atoms with Gasteiger partial charge in [-0.3, -0.25) is 4.79 Å². The first-order valence-electron chi connectivity index (χ1n) is 5.73. The van der Waals surface area contributed by atoms with Crippen LogP contribution in [-0.2, 0) is 0 Å². The highest BCUT2D eigenvalue weighted by Crippen LogP contribution is 2.30. The van der Waals surface area contributed by atoms with E-state index >= 15 is 0 Å². The molecule has 0 saturated carbocycles. The molecule has 3 nitrogen and oxygen atoms in total. The van der Waals surface area contributed by atoms with Gasteiger partial charge >= 0.3 is 0 Å². The van der Waals surface area contributed by atoms with E-state index in [0.717, 1.165) is 24.0 Å². The minimum absolute atomic E-state index is 0.0938. The maximum atomic E-state index is 12.3. The predicted molar refractivity (Wildman–Crippen MR) is 72.9 cm³/mol. The van der Waals surface area contributed by atoms with E-state index in [0.29, 0.717) is 11.3 Å². The molecule has 17 heavy (non-hydrogen) atoms. The highest BCUT2D eigenvalue weighted by atomic mass is 79.9. The smallest absolute Gasteiger partial charge is 0.253 e. The van der Waals surface area contributed by atoms with Crippen molar-refractivity contribution in [3.8, 4) is 0 Å². The molecule has 0 unspecified atom stereocenters. The van der Waals surface area contributed by atoms with E-state index < -0.39 is 0 Å². The molecular weight excluding hydrogens is 280 g/mol. The van der Waals surface area contributed by atoms with Gasteiger partial charge < -0.3 is 10.6 Å². The van der Waals surface area contributed by atoms with Crippen LogP contribution in [0.25, 0.3) is 0 Å². The van der Waals surface area contributed by atoms with Crippen molar-refractivity contribution in [1.29, 1.82) is 0 Å². The van der Waals surface area contributed by atoms with Crippen molar-refractivity contribution in [2.45, 2.75) is 20.3 Å². The van der Waals surface area contributed by atoms with Crippen LogP contribution in [-0.4, -0.2) is 23.9 Å². The molecule has 0 aliphatic carbocycles. The molecule has 1 aliphatic heterocycles. The van der Waals surface area contributed by atoms with Crippen molar-refractivity contribution >= 4 is 27.5 Å². The summed E-state index contributed by atoms with van der Waals surface area (Å²) < 4.78 is 0.779. The average molecular weight is 297 g/mol. The Bertz CT molecular complexity index is 457. The number of anilines is 1. The zero-order valence-corrected chi connectivity index (χ0v) is 11.8. The highest BCUT2D eigenvalue weighted by molar-refractivity contribution is 9.10. The number of likely N-dealkylation sites (tertiary alicyclic amines) is 1. The summed E-state index contributed by atoms with van der Waals surface area (Å²) in [6.07, 6.45) is 1.06. The Morgan fingerprint density at radius 3 is 2.71 bits per heavy atom. The average Bonchev–Trinajstić information content (AvgIpc) is 2.62. The van der Waals surface area contributed by atoms with Crippen molar-refractivity contribution < 1.29 is 4.79 Å². The number of nitrogens with zero attached hydrogens (tertiary/aromatic N) is 1. The fourth-order valence-electron chi connectivity index (χ4n) is 2.13. The Hall–Kier alpha value is -1.03. The molecule has 1 aliphatic rings. The molecule has 0 radical (unpaired) electrons. The second-order valence-electron chi connectivity index (χ2n) is 5.38. The molecule has 1 aromatic carbocycles. The van der Waals surface area contributed by atoms with E-state index in [2.05, 4.69) is 29.8 Å². The lowest BCUT2D eigenvalue weighted by molar-refractivity contribution is 0.0778. The molecule has 1 aromatic rings. The van der Waals surface area contributed by atoms with Gasteiger partial charge in [-0.05, 0) is 46.0 Å². The second kappa shape index (κ2) is 4.33. The lowest BCUT2D eigenvalue weighted by atomic mass is 9.93. The first-order chi connectivity index (χ1) is 7.89. The summed E-state index contributed by atoms with van der Waals surface area (Å²) in [6, 6.07) is 5.34. The fourth-order valence-corrected chi connectivity index (χ4v) is 2.51. The minimum Gasteiger partial charge on any atom is -0.398 e. The number of benzene rings is 1. The van der Waals surface area contributed by atoms with Crippen LogP contribution in [0, 0.1) is 5.41 Å². The minimum atomic E-state index is 0.0938. The third-order valence-corrected chi connectivity index (χ3v) is 3.90. The second-order valence-corrected chi connectivity index (χ2v) is 6.23. The van der Waals surface area contributed by atoms with Crippen LogP contribution in [0.5, 0.6) is 0 Å². The molecule has 1 saturated heterocycles. The van der Waals surface area contributed by atoms with Gasteiger partial charge in [0.1, 0.15) is 0 Å². The van der Waals surface area contributed by atoms with Crippen LogP contribution in [0.1, 0.15) is 30.6 Å². The number of nitrogens with two attached hydrogens (primary N) is 1. The molecule has 92 valence electrons. The van der Waals surface area contributed by atoms with Gasteiger partial charge in [-0.25, -0.2) is 0 Å². The Morgan fingerprint density at radius 2 is 2.18 bits per heavy atom. The summed E-state index contributed by atoms with van der Waals surface area (Å²) in [6.45, 7) is 6.06. The van der Waals surface area contributed by atoms with Crippen molar-refractivity contribution in [3.05, 3.63) is 28.2 Å². The van der Waals surface area contributed by atoms with Gasteiger partial charge in [0.15, 0.2) is 0 Å². The van der Waals surface area contributed by atoms with Crippen LogP contribution in [0.2, 0.25) is 0 Å². The van der Waals surface area contributed by atoms with Crippen LogP contribution in [0.3, 0.4) is 0 Å². The van der Waals surface area contributed by atoms with E-state index in [-0.39, 0.29) is 11.3 Å². The fraction of sp³-hybridized carbons (Fsp3) is 0.462. The standard InChI is InChI=1S/C13H17BrN2O/c1-13(2)5-6-16(8-13)12(17)9-3-4-11(15)10(14)7-9/h3-4,7H,5-6,8,15H2,1-2H3. The first kappa shape index (κ1) is 12.4. The molecule has 4 heteroatoms. The lowest BCUT2D eigenvalue weighted by Crippen LogP contribution is -2.30. The highest BCUT2D eigenvalue weighted by Gasteiger charge is 2.32. The maximum absolute atomic E-state index is 12.3. The van der Waals surface area contributed by atoms with Gasteiger partial charge in [-0.15, -0.1) is 0 Å². The van der Waals surface area contributed by atoms with E-state index in [1.807, 2.05) is 4.90 Å². The lowest BCUT2D eigenvalue weighted by Gasteiger charge is -2.20. The molecule has 1 fully saturated rings. The van der Waals surface area contributed by atoms with Gasteiger partial charge in [-0.2, -0.15) is 0 Å². The van der Waals surface area contributed by atoms with Gasteiger partial charge in [0.2, 0.25) is 0 Å². The summed E-state index contributed by atoms with van der Waals surface area (Å²) in [5.74, 6) is 0.0938. The summed E-state index contributed by atoms with van der Waals surface area (Å²) in [4.78, 5) is 14.2. The number of halogens is 1.